The molecular weight excluding hydrogens is 575 g/mol. The first-order valence-corrected chi connectivity index (χ1v) is 13.6. The highest BCUT2D eigenvalue weighted by atomic mass is 19.4. The van der Waals surface area contributed by atoms with Gasteiger partial charge in [0.1, 0.15) is 11.9 Å². The van der Waals surface area contributed by atoms with Gasteiger partial charge in [-0.25, -0.2) is 4.79 Å². The van der Waals surface area contributed by atoms with Crippen LogP contribution in [0.25, 0.3) is 0 Å². The van der Waals surface area contributed by atoms with E-state index < -0.39 is 29.8 Å². The maximum absolute atomic E-state index is 13.3. The maximum atomic E-state index is 13.3. The first kappa shape index (κ1) is 31.7. The van der Waals surface area contributed by atoms with Crippen molar-refractivity contribution in [2.24, 2.45) is 0 Å². The molecule has 0 spiro atoms. The molecule has 4 aromatic rings. The summed E-state index contributed by atoms with van der Waals surface area (Å²) in [4.78, 5) is 26.1. The fourth-order valence-corrected chi connectivity index (χ4v) is 4.37. The zero-order valence-corrected chi connectivity index (χ0v) is 24.5. The summed E-state index contributed by atoms with van der Waals surface area (Å²) in [6.45, 7) is 3.60. The summed E-state index contributed by atoms with van der Waals surface area (Å²) in [5, 5.41) is 8.23. The number of urea groups is 1. The van der Waals surface area contributed by atoms with Gasteiger partial charge in [-0.3, -0.25) is 4.79 Å². The van der Waals surface area contributed by atoms with E-state index >= 15 is 0 Å². The summed E-state index contributed by atoms with van der Waals surface area (Å²) >= 11 is 0. The van der Waals surface area contributed by atoms with Gasteiger partial charge in [0.25, 0.3) is 5.91 Å². The molecule has 0 saturated heterocycles. The third kappa shape index (κ3) is 8.00. The number of ether oxygens (including phenoxy) is 3. The van der Waals surface area contributed by atoms with E-state index in [-0.39, 0.29) is 17.4 Å². The highest BCUT2D eigenvalue weighted by Crippen LogP contribution is 2.35. The Morgan fingerprint density at radius 1 is 0.705 bits per heavy atom. The Morgan fingerprint density at radius 2 is 1.27 bits per heavy atom. The largest absolute Gasteiger partial charge is 0.493 e. The average molecular weight is 608 g/mol. The van der Waals surface area contributed by atoms with Gasteiger partial charge in [0.15, 0.2) is 11.5 Å². The Morgan fingerprint density at radius 3 is 1.84 bits per heavy atom. The number of anilines is 2. The number of carbonyl (C=O) groups excluding carboxylic acids is 2. The molecule has 8 nitrogen and oxygen atoms in total. The Hall–Kier alpha value is -5.19. The number of hydrogen-bond donors (Lipinski definition) is 3. The number of nitrogens with one attached hydrogen (secondary N) is 3. The van der Waals surface area contributed by atoms with Crippen LogP contribution in [0.4, 0.5) is 29.3 Å². The van der Waals surface area contributed by atoms with Gasteiger partial charge in [-0.05, 0) is 67.4 Å². The summed E-state index contributed by atoms with van der Waals surface area (Å²) in [5.74, 6) is 0.640. The molecule has 0 aliphatic carbocycles. The molecule has 44 heavy (non-hydrogen) atoms. The Balaban J connectivity index is 1.64. The number of hydrogen-bond acceptors (Lipinski definition) is 5. The van der Waals surface area contributed by atoms with Crippen LogP contribution in [0.3, 0.4) is 0 Å². The molecule has 1 unspecified atom stereocenters. The van der Waals surface area contributed by atoms with E-state index in [0.29, 0.717) is 34.0 Å². The molecular formula is C33H32F3N3O5. The highest BCUT2D eigenvalue weighted by Gasteiger charge is 2.31. The van der Waals surface area contributed by atoms with Crippen molar-refractivity contribution in [3.8, 4) is 17.2 Å². The second kappa shape index (κ2) is 13.9. The van der Waals surface area contributed by atoms with Crippen LogP contribution in [0.1, 0.15) is 47.0 Å². The summed E-state index contributed by atoms with van der Waals surface area (Å²) in [5.41, 5.74) is 1.20. The van der Waals surface area contributed by atoms with Crippen molar-refractivity contribution in [2.45, 2.75) is 32.2 Å². The van der Waals surface area contributed by atoms with Crippen LogP contribution in [-0.4, -0.2) is 32.2 Å². The Bertz CT molecular complexity index is 1590. The van der Waals surface area contributed by atoms with Crippen LogP contribution < -0.4 is 30.2 Å². The van der Waals surface area contributed by atoms with E-state index in [1.807, 2.05) is 6.07 Å². The lowest BCUT2D eigenvalue weighted by Gasteiger charge is -2.23. The molecule has 0 aliphatic heterocycles. The first-order valence-electron chi connectivity index (χ1n) is 13.6. The number of methoxy groups -OCH3 is 2. The van der Waals surface area contributed by atoms with Crippen LogP contribution >= 0.6 is 0 Å². The molecule has 0 aromatic heterocycles. The molecule has 0 radical (unpaired) electrons. The third-order valence-electron chi connectivity index (χ3n) is 6.43. The van der Waals surface area contributed by atoms with Crippen LogP contribution in [0.5, 0.6) is 17.2 Å². The van der Waals surface area contributed by atoms with E-state index in [0.717, 1.165) is 12.1 Å². The minimum atomic E-state index is -4.49. The molecule has 4 rings (SSSR count). The lowest BCUT2D eigenvalue weighted by Crippen LogP contribution is -2.30. The molecule has 3 N–H and O–H groups in total. The predicted molar refractivity (Wildman–Crippen MR) is 162 cm³/mol. The smallest absolute Gasteiger partial charge is 0.416 e. The standard InChI is InChI=1S/C33H32F3N3O5/c1-20(2)37-31(40)26-18-24(38-32(41)39-25-15-17-28(42-3)29(19-25)43-4)14-16-27(26)44-30(21-8-6-5-7-9-21)22-10-12-23(13-11-22)33(34,35)36/h5-20,30H,1-4H3,(H,37,40)(H2,38,39,41). The molecule has 11 heteroatoms. The van der Waals surface area contributed by atoms with Gasteiger partial charge in [0, 0.05) is 23.5 Å². The summed E-state index contributed by atoms with van der Waals surface area (Å²) in [6, 6.07) is 22.3. The zero-order chi connectivity index (χ0) is 31.9. The normalized spacial score (nSPS) is 11.8. The summed E-state index contributed by atoms with van der Waals surface area (Å²) in [7, 11) is 2.98. The van der Waals surface area contributed by atoms with Gasteiger partial charge < -0.3 is 30.2 Å². The molecule has 0 fully saturated rings. The Labute approximate surface area is 253 Å². The first-order chi connectivity index (χ1) is 21.0. The predicted octanol–water partition coefficient (Wildman–Crippen LogP) is 7.67. The quantitative estimate of drug-likeness (QED) is 0.172. The SMILES string of the molecule is COc1ccc(NC(=O)Nc2ccc(OC(c3ccccc3)c3ccc(C(F)(F)F)cc3)c(C(=O)NC(C)C)c2)cc1OC. The summed E-state index contributed by atoms with van der Waals surface area (Å²) in [6.07, 6.45) is -5.32. The second-order valence-electron chi connectivity index (χ2n) is 10.0. The minimum Gasteiger partial charge on any atom is -0.493 e. The van der Waals surface area contributed by atoms with E-state index in [9.17, 15) is 22.8 Å². The zero-order valence-electron chi connectivity index (χ0n) is 24.5. The number of carbonyl (C=O) groups is 2. The maximum Gasteiger partial charge on any atom is 0.416 e. The van der Waals surface area contributed by atoms with Crippen molar-refractivity contribution >= 4 is 23.3 Å². The molecule has 230 valence electrons. The van der Waals surface area contributed by atoms with E-state index in [2.05, 4.69) is 16.0 Å². The van der Waals surface area contributed by atoms with Gasteiger partial charge in [-0.1, -0.05) is 42.5 Å². The number of alkyl halides is 3. The molecule has 0 aliphatic rings. The third-order valence-corrected chi connectivity index (χ3v) is 6.43. The molecule has 0 saturated carbocycles. The van der Waals surface area contributed by atoms with Gasteiger partial charge in [-0.2, -0.15) is 13.2 Å². The average Bonchev–Trinajstić information content (AvgIpc) is 3.00. The highest BCUT2D eigenvalue weighted by molar-refractivity contribution is 6.02. The van der Waals surface area contributed by atoms with Crippen molar-refractivity contribution in [1.82, 2.24) is 5.32 Å². The van der Waals surface area contributed by atoms with Gasteiger partial charge in [0.05, 0.1) is 25.3 Å². The van der Waals surface area contributed by atoms with Crippen LogP contribution in [0.15, 0.2) is 91.0 Å². The lowest BCUT2D eigenvalue weighted by molar-refractivity contribution is -0.137. The number of amides is 3. The fraction of sp³-hybridized carbons (Fsp3) is 0.212. The van der Waals surface area contributed by atoms with Gasteiger partial charge in [-0.15, -0.1) is 0 Å². The number of halogens is 3. The second-order valence-corrected chi connectivity index (χ2v) is 10.0. The van der Waals surface area contributed by atoms with Crippen molar-refractivity contribution in [1.29, 1.82) is 0 Å². The summed E-state index contributed by atoms with van der Waals surface area (Å²) < 4.78 is 56.5. The topological polar surface area (TPSA) is 97.9 Å². The van der Waals surface area contributed by atoms with E-state index in [1.165, 1.54) is 38.5 Å². The molecule has 3 amide bonds. The number of rotatable bonds is 10. The van der Waals surface area contributed by atoms with Crippen molar-refractivity contribution < 1.29 is 37.0 Å². The minimum absolute atomic E-state index is 0.121. The van der Waals surface area contributed by atoms with Crippen molar-refractivity contribution in [2.75, 3.05) is 24.9 Å². The van der Waals surface area contributed by atoms with Crippen LogP contribution in [0.2, 0.25) is 0 Å². The lowest BCUT2D eigenvalue weighted by atomic mass is 9.99. The number of benzene rings is 4. The van der Waals surface area contributed by atoms with Crippen molar-refractivity contribution in [3.63, 3.8) is 0 Å². The van der Waals surface area contributed by atoms with Crippen molar-refractivity contribution in [3.05, 3.63) is 113 Å². The molecule has 0 heterocycles. The van der Waals surface area contributed by atoms with Crippen LogP contribution in [-0.2, 0) is 6.18 Å². The van der Waals surface area contributed by atoms with E-state index in [1.54, 1.807) is 62.4 Å². The fourth-order valence-electron chi connectivity index (χ4n) is 4.37. The van der Waals surface area contributed by atoms with Gasteiger partial charge >= 0.3 is 12.2 Å². The van der Waals surface area contributed by atoms with Crippen LogP contribution in [0, 0.1) is 0 Å². The molecule has 0 bridgehead atoms. The van der Waals surface area contributed by atoms with Gasteiger partial charge in [0.2, 0.25) is 0 Å². The Kier molecular flexibility index (Phi) is 9.99. The monoisotopic (exact) mass is 607 g/mol. The molecule has 1 atom stereocenters. The van der Waals surface area contributed by atoms with E-state index in [4.69, 9.17) is 14.2 Å². The molecule has 4 aromatic carbocycles.